The number of hydrogen-bond acceptors (Lipinski definition) is 9. The number of benzene rings is 1. The third-order valence-electron chi connectivity index (χ3n) is 10.5. The van der Waals surface area contributed by atoms with Crippen LogP contribution in [0.4, 0.5) is 5.82 Å². The largest absolute Gasteiger partial charge is 0.391 e. The molecule has 5 heterocycles. The summed E-state index contributed by atoms with van der Waals surface area (Å²) in [7, 11) is 0. The molecule has 0 spiro atoms. The normalized spacial score (nSPS) is 22.5. The van der Waals surface area contributed by atoms with Crippen molar-refractivity contribution in [1.82, 2.24) is 25.7 Å². The first kappa shape index (κ1) is 33.6. The van der Waals surface area contributed by atoms with Crippen molar-refractivity contribution in [2.75, 3.05) is 37.6 Å². The summed E-state index contributed by atoms with van der Waals surface area (Å²) < 4.78 is 5.85. The number of carbonyl (C=O) groups excluding carboxylic acids is 2. The Morgan fingerprint density at radius 3 is 2.45 bits per heavy atom. The Kier molecular flexibility index (Phi) is 10.6. The number of aryl methyl sites for hydroxylation is 1. The molecule has 0 bridgehead atoms. The Morgan fingerprint density at radius 2 is 1.79 bits per heavy atom. The lowest BCUT2D eigenvalue weighted by atomic mass is 9.83. The van der Waals surface area contributed by atoms with Gasteiger partial charge in [0.2, 0.25) is 11.8 Å². The number of rotatable bonds is 10. The van der Waals surface area contributed by atoms with Crippen LogP contribution in [0.25, 0.3) is 10.4 Å². The number of nitrogens with zero attached hydrogens (tertiary/aromatic N) is 4. The van der Waals surface area contributed by atoms with Gasteiger partial charge in [0.05, 0.1) is 28.2 Å². The maximum absolute atomic E-state index is 14.1. The number of aromatic nitrogens is 2. The highest BCUT2D eigenvalue weighted by Gasteiger charge is 2.43. The summed E-state index contributed by atoms with van der Waals surface area (Å²) in [5.41, 5.74) is 4.90. The molecule has 3 saturated heterocycles. The molecule has 2 unspecified atom stereocenters. The zero-order valence-corrected chi connectivity index (χ0v) is 29.0. The summed E-state index contributed by atoms with van der Waals surface area (Å²) in [6.45, 7) is 12.2. The molecule has 0 saturated carbocycles. The molecular formula is C36H50N6O4S. The third kappa shape index (κ3) is 7.73. The smallest absolute Gasteiger partial charge is 0.243 e. The number of hydrogen-bond donors (Lipinski definition) is 3. The van der Waals surface area contributed by atoms with Crippen LogP contribution in [-0.4, -0.2) is 76.8 Å². The van der Waals surface area contributed by atoms with Gasteiger partial charge in [-0.2, -0.15) is 0 Å². The van der Waals surface area contributed by atoms with Crippen molar-refractivity contribution in [3.8, 4) is 10.4 Å². The predicted octanol–water partition coefficient (Wildman–Crippen LogP) is 5.29. The number of anilines is 1. The molecule has 6 rings (SSSR count). The molecular weight excluding hydrogens is 613 g/mol. The van der Waals surface area contributed by atoms with Crippen molar-refractivity contribution in [2.24, 2.45) is 17.8 Å². The summed E-state index contributed by atoms with van der Waals surface area (Å²) in [6.07, 6.45) is 5.62. The molecule has 47 heavy (non-hydrogen) atoms. The number of aliphatic hydroxyl groups excluding tert-OH is 1. The van der Waals surface area contributed by atoms with Crippen LogP contribution in [0.5, 0.6) is 0 Å². The highest BCUT2D eigenvalue weighted by molar-refractivity contribution is 7.13. The van der Waals surface area contributed by atoms with Crippen LogP contribution in [0.15, 0.2) is 40.4 Å². The van der Waals surface area contributed by atoms with Crippen molar-refractivity contribution in [2.45, 2.75) is 90.3 Å². The van der Waals surface area contributed by atoms with Gasteiger partial charge in [0.1, 0.15) is 12.0 Å². The van der Waals surface area contributed by atoms with Crippen LogP contribution < -0.4 is 15.5 Å². The second-order valence-corrected chi connectivity index (χ2v) is 15.0. The number of aliphatic hydroxyl groups is 1. The van der Waals surface area contributed by atoms with Crippen LogP contribution >= 0.6 is 11.3 Å². The molecule has 0 aliphatic carbocycles. The van der Waals surface area contributed by atoms with Gasteiger partial charge in [-0.1, -0.05) is 43.3 Å². The minimum absolute atomic E-state index is 0.0832. The quantitative estimate of drug-likeness (QED) is 0.268. The van der Waals surface area contributed by atoms with E-state index in [1.54, 1.807) is 16.2 Å². The lowest BCUT2D eigenvalue weighted by Gasteiger charge is -2.34. The standard InChI is InChI=1S/C36H50N6O4S/c1-22(2)33(31-19-32(40-46-31)41-15-11-26(12-16-41)17-25-9-13-37-14-10-25)36(45)42-20-29(43)18-30(42)35(44)39-23(3)27-5-7-28(8-6-27)34-24(4)38-21-47-34/h5-8,19,21-23,25-26,29-30,33,37,43H,9-18,20H2,1-4H3,(H,39,44)/t23?,29-,30+,33?/m1/s1. The zero-order chi connectivity index (χ0) is 33.1. The minimum atomic E-state index is -0.767. The van der Waals surface area contributed by atoms with Gasteiger partial charge in [-0.15, -0.1) is 11.3 Å². The fourth-order valence-electron chi connectivity index (χ4n) is 7.68. The van der Waals surface area contributed by atoms with Gasteiger partial charge in [-0.25, -0.2) is 4.98 Å². The lowest BCUT2D eigenvalue weighted by molar-refractivity contribution is -0.141. The molecule has 11 heteroatoms. The fraction of sp³-hybridized carbons (Fsp3) is 0.611. The van der Waals surface area contributed by atoms with E-state index in [2.05, 4.69) is 25.7 Å². The van der Waals surface area contributed by atoms with Crippen LogP contribution in [0.1, 0.15) is 88.3 Å². The fourth-order valence-corrected chi connectivity index (χ4v) is 8.49. The molecule has 3 aliphatic heterocycles. The molecule has 0 radical (unpaired) electrons. The van der Waals surface area contributed by atoms with E-state index in [1.165, 1.54) is 19.3 Å². The number of β-amino-alcohol motifs (C(OH)–C–C–N with tert-alkyl or cyclic N) is 1. The Bertz CT molecular complexity index is 1490. The molecule has 3 N–H and O–H groups in total. The van der Waals surface area contributed by atoms with E-state index in [9.17, 15) is 14.7 Å². The van der Waals surface area contributed by atoms with Gasteiger partial charge < -0.3 is 30.1 Å². The van der Waals surface area contributed by atoms with Crippen molar-refractivity contribution in [3.63, 3.8) is 0 Å². The van der Waals surface area contributed by atoms with Gasteiger partial charge in [0.25, 0.3) is 0 Å². The topological polar surface area (TPSA) is 124 Å². The van der Waals surface area contributed by atoms with Crippen molar-refractivity contribution in [3.05, 3.63) is 52.9 Å². The Hall–Kier alpha value is -3.28. The molecule has 3 fully saturated rings. The Morgan fingerprint density at radius 1 is 1.09 bits per heavy atom. The summed E-state index contributed by atoms with van der Waals surface area (Å²) in [6, 6.07) is 9.00. The van der Waals surface area contributed by atoms with E-state index in [4.69, 9.17) is 4.52 Å². The molecule has 1 aromatic carbocycles. The highest BCUT2D eigenvalue weighted by Crippen LogP contribution is 2.35. The van der Waals surface area contributed by atoms with Crippen LogP contribution in [-0.2, 0) is 9.59 Å². The molecule has 3 aromatic rings. The minimum Gasteiger partial charge on any atom is -0.391 e. The maximum atomic E-state index is 14.1. The van der Waals surface area contributed by atoms with Crippen molar-refractivity contribution < 1.29 is 19.2 Å². The third-order valence-corrected chi connectivity index (χ3v) is 11.4. The van der Waals surface area contributed by atoms with Gasteiger partial charge >= 0.3 is 0 Å². The van der Waals surface area contributed by atoms with Crippen LogP contribution in [0.2, 0.25) is 0 Å². The molecule has 10 nitrogen and oxygen atoms in total. The first-order chi connectivity index (χ1) is 22.7. The number of amides is 2. The first-order valence-corrected chi connectivity index (χ1v) is 18.3. The van der Waals surface area contributed by atoms with Crippen molar-refractivity contribution >= 4 is 29.0 Å². The zero-order valence-electron chi connectivity index (χ0n) is 28.2. The molecule has 2 amide bonds. The maximum Gasteiger partial charge on any atom is 0.243 e. The summed E-state index contributed by atoms with van der Waals surface area (Å²) in [5, 5.41) is 21.6. The summed E-state index contributed by atoms with van der Waals surface area (Å²) >= 11 is 1.61. The number of likely N-dealkylation sites (tertiary alicyclic amines) is 1. The lowest BCUT2D eigenvalue weighted by Crippen LogP contribution is -2.48. The van der Waals surface area contributed by atoms with E-state index in [-0.39, 0.29) is 36.7 Å². The number of thiazole rings is 1. The molecule has 2 aromatic heterocycles. The Labute approximate surface area is 282 Å². The van der Waals surface area contributed by atoms with Crippen LogP contribution in [0, 0.1) is 24.7 Å². The monoisotopic (exact) mass is 662 g/mol. The second-order valence-electron chi connectivity index (χ2n) is 14.2. The van der Waals surface area contributed by atoms with E-state index in [1.807, 2.05) is 63.5 Å². The average molecular weight is 663 g/mol. The number of nitrogens with one attached hydrogen (secondary N) is 2. The Balaban J connectivity index is 1.08. The summed E-state index contributed by atoms with van der Waals surface area (Å²) in [5.74, 6) is 1.73. The number of piperidine rings is 2. The van der Waals surface area contributed by atoms with E-state index in [0.717, 1.165) is 78.4 Å². The first-order valence-electron chi connectivity index (χ1n) is 17.4. The van der Waals surface area contributed by atoms with E-state index < -0.39 is 18.1 Å². The second kappa shape index (κ2) is 14.9. The van der Waals surface area contributed by atoms with E-state index >= 15 is 0 Å². The highest BCUT2D eigenvalue weighted by atomic mass is 32.1. The van der Waals surface area contributed by atoms with Crippen molar-refractivity contribution in [1.29, 1.82) is 0 Å². The molecule has 4 atom stereocenters. The van der Waals surface area contributed by atoms with Gasteiger partial charge in [0, 0.05) is 32.1 Å². The SMILES string of the molecule is Cc1ncsc1-c1ccc(C(C)NC(=O)[C@@H]2C[C@@H](O)CN2C(=O)C(c2cc(N3CCC(CC4CCNCC4)CC3)no2)C(C)C)cc1. The number of carbonyl (C=O) groups is 2. The van der Waals surface area contributed by atoms with Gasteiger partial charge in [0.15, 0.2) is 11.6 Å². The van der Waals surface area contributed by atoms with Gasteiger partial charge in [-0.05, 0) is 87.9 Å². The van der Waals surface area contributed by atoms with Gasteiger partial charge in [-0.3, -0.25) is 9.59 Å². The molecule has 254 valence electrons. The summed E-state index contributed by atoms with van der Waals surface area (Å²) in [4.78, 5) is 37.0. The average Bonchev–Trinajstić information content (AvgIpc) is 3.82. The van der Waals surface area contributed by atoms with E-state index in [0.29, 0.717) is 5.76 Å². The predicted molar refractivity (Wildman–Crippen MR) is 184 cm³/mol. The van der Waals surface area contributed by atoms with Crippen LogP contribution in [0.3, 0.4) is 0 Å². The molecule has 3 aliphatic rings.